The van der Waals surface area contributed by atoms with Gasteiger partial charge in [-0.05, 0) is 55.4 Å². The van der Waals surface area contributed by atoms with Gasteiger partial charge in [-0.25, -0.2) is 0 Å². The molecule has 3 aromatic carbocycles. The van der Waals surface area contributed by atoms with E-state index < -0.39 is 0 Å². The summed E-state index contributed by atoms with van der Waals surface area (Å²) in [6.07, 6.45) is 0.125. The molecule has 0 unspecified atom stereocenters. The quantitative estimate of drug-likeness (QED) is 0.401. The van der Waals surface area contributed by atoms with E-state index in [-0.39, 0.29) is 56.1 Å². The SMILES string of the molecule is C[C@@H]1CN([C@@H](C)CO)C(=O)Cc2cc(NC(=O)Cc3ccccc3)ccc2O[C@H]1CN(C)Cc1ccc2c(c1)OCO2. The van der Waals surface area contributed by atoms with E-state index >= 15 is 0 Å². The van der Waals surface area contributed by atoms with Gasteiger partial charge in [0.2, 0.25) is 18.6 Å². The molecule has 2 N–H and O–H groups in total. The molecule has 42 heavy (non-hydrogen) atoms. The summed E-state index contributed by atoms with van der Waals surface area (Å²) in [6, 6.07) is 20.7. The van der Waals surface area contributed by atoms with E-state index in [1.807, 2.05) is 80.7 Å². The van der Waals surface area contributed by atoms with Crippen LogP contribution in [0.1, 0.15) is 30.5 Å². The Kier molecular flexibility index (Phi) is 9.29. The zero-order valence-electron chi connectivity index (χ0n) is 24.4. The van der Waals surface area contributed by atoms with E-state index in [0.29, 0.717) is 36.6 Å². The normalized spacial score (nSPS) is 18.9. The first-order valence-corrected chi connectivity index (χ1v) is 14.4. The number of carbonyl (C=O) groups is 2. The van der Waals surface area contributed by atoms with Gasteiger partial charge in [0.25, 0.3) is 0 Å². The Bertz CT molecular complexity index is 1400. The number of carbonyl (C=O) groups excluding carboxylic acids is 2. The van der Waals surface area contributed by atoms with Gasteiger partial charge in [0.05, 0.1) is 25.5 Å². The Morgan fingerprint density at radius 2 is 1.81 bits per heavy atom. The molecule has 2 aliphatic heterocycles. The van der Waals surface area contributed by atoms with Crippen molar-refractivity contribution >= 4 is 17.5 Å². The van der Waals surface area contributed by atoms with Crippen molar-refractivity contribution in [3.8, 4) is 17.2 Å². The Morgan fingerprint density at radius 3 is 2.60 bits per heavy atom. The largest absolute Gasteiger partial charge is 0.488 e. The molecule has 2 amide bonds. The van der Waals surface area contributed by atoms with Crippen molar-refractivity contribution in [3.63, 3.8) is 0 Å². The van der Waals surface area contributed by atoms with Crippen molar-refractivity contribution < 1.29 is 28.9 Å². The van der Waals surface area contributed by atoms with Crippen LogP contribution in [0.15, 0.2) is 66.7 Å². The maximum absolute atomic E-state index is 13.5. The van der Waals surface area contributed by atoms with Gasteiger partial charge >= 0.3 is 0 Å². The lowest BCUT2D eigenvalue weighted by Gasteiger charge is -2.34. The molecular formula is C33H39N3O6. The average Bonchev–Trinajstić information content (AvgIpc) is 3.45. The molecule has 0 radical (unpaired) electrons. The molecule has 9 heteroatoms. The molecule has 3 atom stereocenters. The fourth-order valence-electron chi connectivity index (χ4n) is 5.43. The van der Waals surface area contributed by atoms with Crippen LogP contribution in [0.4, 0.5) is 5.69 Å². The predicted octanol–water partition coefficient (Wildman–Crippen LogP) is 3.88. The first-order valence-electron chi connectivity index (χ1n) is 14.4. The molecule has 2 heterocycles. The maximum Gasteiger partial charge on any atom is 0.231 e. The van der Waals surface area contributed by atoms with Crippen LogP contribution in [0, 0.1) is 5.92 Å². The minimum atomic E-state index is -0.331. The van der Waals surface area contributed by atoms with Gasteiger partial charge in [0.15, 0.2) is 11.5 Å². The summed E-state index contributed by atoms with van der Waals surface area (Å²) in [5.74, 6) is 1.89. The van der Waals surface area contributed by atoms with E-state index in [1.165, 1.54) is 0 Å². The van der Waals surface area contributed by atoms with Crippen LogP contribution in [0.2, 0.25) is 0 Å². The summed E-state index contributed by atoms with van der Waals surface area (Å²) in [5.41, 5.74) is 3.33. The predicted molar refractivity (Wildman–Crippen MR) is 160 cm³/mol. The number of benzene rings is 3. The van der Waals surface area contributed by atoms with Crippen LogP contribution in [0.5, 0.6) is 17.2 Å². The number of amides is 2. The zero-order valence-corrected chi connectivity index (χ0v) is 24.4. The van der Waals surface area contributed by atoms with E-state index in [9.17, 15) is 14.7 Å². The number of anilines is 1. The van der Waals surface area contributed by atoms with Gasteiger partial charge in [0.1, 0.15) is 11.9 Å². The molecule has 5 rings (SSSR count). The number of hydrogen-bond donors (Lipinski definition) is 2. The van der Waals surface area contributed by atoms with E-state index in [2.05, 4.69) is 17.1 Å². The third-order valence-corrected chi connectivity index (χ3v) is 7.79. The van der Waals surface area contributed by atoms with Gasteiger partial charge in [0, 0.05) is 36.8 Å². The number of nitrogens with zero attached hydrogens (tertiary/aromatic N) is 2. The van der Waals surface area contributed by atoms with Gasteiger partial charge in [-0.15, -0.1) is 0 Å². The molecule has 0 saturated carbocycles. The second-order valence-electron chi connectivity index (χ2n) is 11.3. The third kappa shape index (κ3) is 7.21. The van der Waals surface area contributed by atoms with Crippen molar-refractivity contribution in [1.82, 2.24) is 9.80 Å². The molecule has 2 aliphatic rings. The number of hydrogen-bond acceptors (Lipinski definition) is 7. The van der Waals surface area contributed by atoms with Crippen LogP contribution in [0.25, 0.3) is 0 Å². The van der Waals surface area contributed by atoms with Crippen molar-refractivity contribution in [3.05, 3.63) is 83.4 Å². The fourth-order valence-corrected chi connectivity index (χ4v) is 5.43. The molecule has 222 valence electrons. The summed E-state index contributed by atoms with van der Waals surface area (Å²) in [7, 11) is 2.04. The molecule has 0 bridgehead atoms. The number of fused-ring (bicyclic) bond motifs is 2. The highest BCUT2D eigenvalue weighted by Crippen LogP contribution is 2.33. The van der Waals surface area contributed by atoms with Gasteiger partial charge < -0.3 is 29.5 Å². The maximum atomic E-state index is 13.5. The first-order chi connectivity index (χ1) is 20.3. The van der Waals surface area contributed by atoms with Crippen molar-refractivity contribution in [2.75, 3.05) is 38.9 Å². The standard InChI is InChI=1S/C33H39N3O6/c1-22-17-36(23(2)20-37)33(39)16-26-15-27(34-32(38)14-24-7-5-4-6-8-24)10-12-28(26)42-31(22)19-35(3)18-25-9-11-29-30(13-25)41-21-40-29/h4-13,15,22-23,31,37H,14,16-21H2,1-3H3,(H,34,38)/t22-,23+,31+/m1/s1. The highest BCUT2D eigenvalue weighted by Gasteiger charge is 2.31. The number of rotatable bonds is 9. The number of aliphatic hydroxyl groups is 1. The Hall–Kier alpha value is -4.08. The second-order valence-corrected chi connectivity index (χ2v) is 11.3. The van der Waals surface area contributed by atoms with Crippen LogP contribution in [-0.4, -0.2) is 72.4 Å². The molecular weight excluding hydrogens is 534 g/mol. The summed E-state index contributed by atoms with van der Waals surface area (Å²) >= 11 is 0. The average molecular weight is 574 g/mol. The van der Waals surface area contributed by atoms with Crippen molar-refractivity contribution in [1.29, 1.82) is 0 Å². The molecule has 0 aromatic heterocycles. The van der Waals surface area contributed by atoms with Crippen molar-refractivity contribution in [2.45, 2.75) is 45.4 Å². The number of likely N-dealkylation sites (N-methyl/N-ethyl adjacent to an activating group) is 1. The lowest BCUT2D eigenvalue weighted by Crippen LogP contribution is -2.47. The van der Waals surface area contributed by atoms with Gasteiger partial charge in [-0.2, -0.15) is 0 Å². The monoisotopic (exact) mass is 573 g/mol. The van der Waals surface area contributed by atoms with Crippen LogP contribution < -0.4 is 19.5 Å². The first kappa shape index (κ1) is 29.4. The van der Waals surface area contributed by atoms with Gasteiger partial charge in [-0.3, -0.25) is 14.5 Å². The molecule has 0 saturated heterocycles. The fraction of sp³-hybridized carbons (Fsp3) is 0.394. The van der Waals surface area contributed by atoms with Crippen LogP contribution in [0.3, 0.4) is 0 Å². The summed E-state index contributed by atoms with van der Waals surface area (Å²) in [5, 5.41) is 12.9. The number of aliphatic hydroxyl groups excluding tert-OH is 1. The highest BCUT2D eigenvalue weighted by molar-refractivity contribution is 5.92. The van der Waals surface area contributed by atoms with Crippen molar-refractivity contribution in [2.24, 2.45) is 5.92 Å². The summed E-state index contributed by atoms with van der Waals surface area (Å²) in [4.78, 5) is 30.2. The lowest BCUT2D eigenvalue weighted by molar-refractivity contribution is -0.134. The molecule has 0 aliphatic carbocycles. The number of ether oxygens (including phenoxy) is 3. The smallest absolute Gasteiger partial charge is 0.231 e. The topological polar surface area (TPSA) is 101 Å². The molecule has 9 nitrogen and oxygen atoms in total. The minimum absolute atomic E-state index is 0.0154. The minimum Gasteiger partial charge on any atom is -0.488 e. The summed E-state index contributed by atoms with van der Waals surface area (Å²) in [6.45, 7) is 5.78. The Morgan fingerprint density at radius 1 is 1.05 bits per heavy atom. The van der Waals surface area contributed by atoms with Crippen LogP contribution >= 0.6 is 0 Å². The zero-order chi connectivity index (χ0) is 29.6. The molecule has 0 spiro atoms. The van der Waals surface area contributed by atoms with Crippen LogP contribution in [-0.2, 0) is 29.0 Å². The Labute approximate surface area is 247 Å². The summed E-state index contributed by atoms with van der Waals surface area (Å²) < 4.78 is 17.6. The molecule has 0 fully saturated rings. The lowest BCUT2D eigenvalue weighted by atomic mass is 10.0. The van der Waals surface area contributed by atoms with E-state index in [4.69, 9.17) is 14.2 Å². The molecule has 3 aromatic rings. The number of nitrogens with one attached hydrogen (secondary N) is 1. The van der Waals surface area contributed by atoms with Gasteiger partial charge in [-0.1, -0.05) is 43.3 Å². The third-order valence-electron chi connectivity index (χ3n) is 7.79. The second kappa shape index (κ2) is 13.3. The van der Waals surface area contributed by atoms with E-state index in [0.717, 1.165) is 22.6 Å². The van der Waals surface area contributed by atoms with E-state index in [1.54, 1.807) is 4.90 Å². The highest BCUT2D eigenvalue weighted by atomic mass is 16.7. The Balaban J connectivity index is 1.35.